The highest BCUT2D eigenvalue weighted by Crippen LogP contribution is 2.17. The van der Waals surface area contributed by atoms with Crippen molar-refractivity contribution >= 4 is 10.0 Å². The van der Waals surface area contributed by atoms with Gasteiger partial charge in [-0.15, -0.1) is 0 Å². The van der Waals surface area contributed by atoms with Crippen molar-refractivity contribution in [2.45, 2.75) is 26.8 Å². The first-order chi connectivity index (χ1) is 9.34. The SMILES string of the molecule is CCN(CCCNCc1cc(C)ccc1O)S(C)(=O)=O. The molecule has 114 valence electrons. The Balaban J connectivity index is 2.34. The van der Waals surface area contributed by atoms with E-state index < -0.39 is 10.0 Å². The molecule has 0 saturated carbocycles. The molecule has 1 aromatic rings. The third-order valence-electron chi connectivity index (χ3n) is 3.13. The third kappa shape index (κ3) is 5.48. The van der Waals surface area contributed by atoms with E-state index in [2.05, 4.69) is 5.32 Å². The van der Waals surface area contributed by atoms with Gasteiger partial charge in [0.2, 0.25) is 10.0 Å². The second-order valence-corrected chi connectivity index (χ2v) is 6.90. The summed E-state index contributed by atoms with van der Waals surface area (Å²) in [6, 6.07) is 5.50. The Kier molecular flexibility index (Phi) is 6.45. The van der Waals surface area contributed by atoms with Crippen LogP contribution in [0.5, 0.6) is 5.75 Å². The van der Waals surface area contributed by atoms with E-state index in [1.54, 1.807) is 6.07 Å². The minimum absolute atomic E-state index is 0.287. The minimum Gasteiger partial charge on any atom is -0.508 e. The topological polar surface area (TPSA) is 69.6 Å². The van der Waals surface area contributed by atoms with Gasteiger partial charge in [-0.25, -0.2) is 12.7 Å². The molecule has 0 aromatic heterocycles. The molecule has 0 heterocycles. The Bertz CT molecular complexity index is 529. The number of phenolic OH excluding ortho intramolecular Hbond substituents is 1. The number of aromatic hydroxyl groups is 1. The predicted octanol–water partition coefficient (Wildman–Crippen LogP) is 1.46. The summed E-state index contributed by atoms with van der Waals surface area (Å²) in [5.41, 5.74) is 1.97. The van der Waals surface area contributed by atoms with E-state index in [0.717, 1.165) is 17.5 Å². The van der Waals surface area contributed by atoms with Gasteiger partial charge in [-0.3, -0.25) is 0 Å². The predicted molar refractivity (Wildman–Crippen MR) is 81.3 cm³/mol. The minimum atomic E-state index is -3.10. The molecule has 0 amide bonds. The fraction of sp³-hybridized carbons (Fsp3) is 0.571. The summed E-state index contributed by atoms with van der Waals surface area (Å²) in [4.78, 5) is 0. The van der Waals surface area contributed by atoms with E-state index in [4.69, 9.17) is 0 Å². The van der Waals surface area contributed by atoms with Gasteiger partial charge in [0.05, 0.1) is 6.26 Å². The van der Waals surface area contributed by atoms with Crippen molar-refractivity contribution < 1.29 is 13.5 Å². The molecule has 2 N–H and O–H groups in total. The normalized spacial score (nSPS) is 12.0. The maximum Gasteiger partial charge on any atom is 0.211 e. The highest BCUT2D eigenvalue weighted by molar-refractivity contribution is 7.88. The molecule has 0 atom stereocenters. The van der Waals surface area contributed by atoms with Crippen molar-refractivity contribution in [3.8, 4) is 5.75 Å². The van der Waals surface area contributed by atoms with Crippen LogP contribution in [0.3, 0.4) is 0 Å². The van der Waals surface area contributed by atoms with Gasteiger partial charge in [0.15, 0.2) is 0 Å². The Morgan fingerprint density at radius 2 is 2.05 bits per heavy atom. The van der Waals surface area contributed by atoms with Crippen LogP contribution < -0.4 is 5.32 Å². The Labute approximate surface area is 121 Å². The highest BCUT2D eigenvalue weighted by atomic mass is 32.2. The monoisotopic (exact) mass is 300 g/mol. The van der Waals surface area contributed by atoms with Crippen LogP contribution in [0.2, 0.25) is 0 Å². The van der Waals surface area contributed by atoms with E-state index in [0.29, 0.717) is 26.2 Å². The standard InChI is InChI=1S/C14H24N2O3S/c1-4-16(20(3,18)19)9-5-8-15-11-13-10-12(2)6-7-14(13)17/h6-7,10,15,17H,4-5,8-9,11H2,1-3H3. The van der Waals surface area contributed by atoms with Gasteiger partial charge in [-0.1, -0.05) is 24.6 Å². The van der Waals surface area contributed by atoms with Crippen LogP contribution in [0.25, 0.3) is 0 Å². The van der Waals surface area contributed by atoms with Gasteiger partial charge in [-0.05, 0) is 26.0 Å². The lowest BCUT2D eigenvalue weighted by atomic mass is 10.1. The molecule has 0 aliphatic carbocycles. The molecule has 0 radical (unpaired) electrons. The van der Waals surface area contributed by atoms with Crippen molar-refractivity contribution in [2.24, 2.45) is 0 Å². The first-order valence-electron chi connectivity index (χ1n) is 6.79. The molecular formula is C14H24N2O3S. The Morgan fingerprint density at radius 3 is 2.65 bits per heavy atom. The van der Waals surface area contributed by atoms with Crippen molar-refractivity contribution in [3.05, 3.63) is 29.3 Å². The van der Waals surface area contributed by atoms with Gasteiger partial charge >= 0.3 is 0 Å². The number of phenols is 1. The second-order valence-electron chi connectivity index (χ2n) is 4.92. The number of nitrogens with one attached hydrogen (secondary N) is 1. The highest BCUT2D eigenvalue weighted by Gasteiger charge is 2.12. The molecule has 5 nitrogen and oxygen atoms in total. The lowest BCUT2D eigenvalue weighted by molar-refractivity contribution is 0.418. The smallest absolute Gasteiger partial charge is 0.211 e. The van der Waals surface area contributed by atoms with Crippen molar-refractivity contribution in [1.29, 1.82) is 0 Å². The number of hydrogen-bond acceptors (Lipinski definition) is 4. The fourth-order valence-corrected chi connectivity index (χ4v) is 2.95. The summed E-state index contributed by atoms with van der Waals surface area (Å²) < 4.78 is 24.3. The van der Waals surface area contributed by atoms with Crippen LogP contribution in [0.15, 0.2) is 18.2 Å². The molecule has 1 rings (SSSR count). The van der Waals surface area contributed by atoms with Crippen LogP contribution in [-0.4, -0.2) is 43.7 Å². The lowest BCUT2D eigenvalue weighted by Crippen LogP contribution is -2.32. The van der Waals surface area contributed by atoms with Crippen molar-refractivity contribution in [1.82, 2.24) is 9.62 Å². The number of hydrogen-bond donors (Lipinski definition) is 2. The Morgan fingerprint density at radius 1 is 1.35 bits per heavy atom. The zero-order valence-corrected chi connectivity index (χ0v) is 13.2. The summed E-state index contributed by atoms with van der Waals surface area (Å²) in [6.45, 7) is 6.12. The van der Waals surface area contributed by atoms with Gasteiger partial charge in [0.25, 0.3) is 0 Å². The summed E-state index contributed by atoms with van der Waals surface area (Å²) in [5.74, 6) is 0.287. The third-order valence-corrected chi connectivity index (χ3v) is 4.51. The van der Waals surface area contributed by atoms with Gasteiger partial charge in [0.1, 0.15) is 5.75 Å². The summed E-state index contributed by atoms with van der Waals surface area (Å²) in [7, 11) is -3.10. The molecule has 0 aliphatic heterocycles. The maximum absolute atomic E-state index is 11.4. The zero-order valence-electron chi connectivity index (χ0n) is 12.4. The summed E-state index contributed by atoms with van der Waals surface area (Å²) in [5, 5.41) is 12.9. The van der Waals surface area contributed by atoms with Crippen LogP contribution in [0.1, 0.15) is 24.5 Å². The summed E-state index contributed by atoms with van der Waals surface area (Å²) >= 11 is 0. The molecule has 0 bridgehead atoms. The number of rotatable bonds is 8. The van der Waals surface area contributed by atoms with Crippen molar-refractivity contribution in [3.63, 3.8) is 0 Å². The lowest BCUT2D eigenvalue weighted by Gasteiger charge is -2.17. The average molecular weight is 300 g/mol. The molecule has 0 saturated heterocycles. The first-order valence-corrected chi connectivity index (χ1v) is 8.63. The number of aryl methyl sites for hydroxylation is 1. The van der Waals surface area contributed by atoms with Crippen molar-refractivity contribution in [2.75, 3.05) is 25.9 Å². The molecule has 0 aliphatic rings. The van der Waals surface area contributed by atoms with E-state index >= 15 is 0 Å². The molecule has 20 heavy (non-hydrogen) atoms. The number of benzene rings is 1. The zero-order chi connectivity index (χ0) is 15.2. The molecule has 1 aromatic carbocycles. The molecule has 6 heteroatoms. The van der Waals surface area contributed by atoms with Gasteiger partial charge < -0.3 is 10.4 Å². The second kappa shape index (κ2) is 7.61. The van der Waals surface area contributed by atoms with Crippen LogP contribution >= 0.6 is 0 Å². The number of sulfonamides is 1. The van der Waals surface area contributed by atoms with E-state index in [1.807, 2.05) is 26.0 Å². The molecule has 0 unspecified atom stereocenters. The fourth-order valence-electron chi connectivity index (χ4n) is 2.02. The summed E-state index contributed by atoms with van der Waals surface area (Å²) in [6.07, 6.45) is 1.97. The van der Waals surface area contributed by atoms with Crippen LogP contribution in [0, 0.1) is 6.92 Å². The molecule has 0 fully saturated rings. The van der Waals surface area contributed by atoms with E-state index in [9.17, 15) is 13.5 Å². The average Bonchev–Trinajstić information content (AvgIpc) is 2.36. The van der Waals surface area contributed by atoms with E-state index in [-0.39, 0.29) is 5.75 Å². The number of nitrogens with zero attached hydrogens (tertiary/aromatic N) is 1. The quantitative estimate of drug-likeness (QED) is 0.713. The van der Waals surface area contributed by atoms with Gasteiger partial charge in [-0.2, -0.15) is 0 Å². The van der Waals surface area contributed by atoms with Gasteiger partial charge in [0, 0.05) is 25.2 Å². The van der Waals surface area contributed by atoms with E-state index in [1.165, 1.54) is 10.6 Å². The Hall–Kier alpha value is -1.11. The van der Waals surface area contributed by atoms with Crippen LogP contribution in [-0.2, 0) is 16.6 Å². The largest absolute Gasteiger partial charge is 0.508 e. The first kappa shape index (κ1) is 16.9. The molecule has 0 spiro atoms. The maximum atomic E-state index is 11.4. The molecular weight excluding hydrogens is 276 g/mol. The van der Waals surface area contributed by atoms with Crippen LogP contribution in [0.4, 0.5) is 0 Å².